The van der Waals surface area contributed by atoms with Crippen LogP contribution in [0.2, 0.25) is 0 Å². The molecule has 1 aromatic rings. The second-order valence-corrected chi connectivity index (χ2v) is 7.75. The Morgan fingerprint density at radius 1 is 0.778 bits per heavy atom. The summed E-state index contributed by atoms with van der Waals surface area (Å²) in [6, 6.07) is 7.79. The molecule has 0 fully saturated rings. The normalized spacial score (nSPS) is 10.7. The lowest BCUT2D eigenvalue weighted by Gasteiger charge is -2.10. The van der Waals surface area contributed by atoms with Gasteiger partial charge in [0.1, 0.15) is 5.75 Å². The van der Waals surface area contributed by atoms with Gasteiger partial charge in [-0.1, -0.05) is 57.1 Å². The Balaban J connectivity index is 2.02. The fourth-order valence-corrected chi connectivity index (χ4v) is 3.68. The van der Waals surface area contributed by atoms with Gasteiger partial charge in [-0.15, -0.1) is 11.8 Å². The van der Waals surface area contributed by atoms with Gasteiger partial charge in [0.2, 0.25) is 0 Å². The van der Waals surface area contributed by atoms with Crippen molar-refractivity contribution in [3.63, 3.8) is 0 Å². The molecule has 1 aromatic carbocycles. The van der Waals surface area contributed by atoms with Gasteiger partial charge in [-0.05, 0) is 25.0 Å². The molecule has 0 bridgehead atoms. The van der Waals surface area contributed by atoms with Crippen LogP contribution in [0.15, 0.2) is 29.2 Å². The van der Waals surface area contributed by atoms with Crippen LogP contribution in [0.5, 0.6) is 5.75 Å². The first-order valence-electron chi connectivity index (χ1n) is 9.88. The number of benzene rings is 1. The van der Waals surface area contributed by atoms with Crippen LogP contribution in [-0.2, 0) is 9.59 Å². The van der Waals surface area contributed by atoms with Crippen LogP contribution in [-0.4, -0.2) is 34.5 Å². The van der Waals surface area contributed by atoms with Crippen molar-refractivity contribution in [2.45, 2.75) is 75.5 Å². The molecule has 0 radical (unpaired) electrons. The first kappa shape index (κ1) is 23.3. The average Bonchev–Trinajstić information content (AvgIpc) is 2.63. The third kappa shape index (κ3) is 13.2. The van der Waals surface area contributed by atoms with Crippen molar-refractivity contribution < 1.29 is 24.5 Å². The van der Waals surface area contributed by atoms with E-state index in [4.69, 9.17) is 14.9 Å². The van der Waals surface area contributed by atoms with Crippen LogP contribution in [0.1, 0.15) is 70.6 Å². The van der Waals surface area contributed by atoms with E-state index in [1.54, 1.807) is 0 Å². The highest BCUT2D eigenvalue weighted by Crippen LogP contribution is 2.29. The Morgan fingerprint density at radius 2 is 1.33 bits per heavy atom. The predicted molar refractivity (Wildman–Crippen MR) is 109 cm³/mol. The highest BCUT2D eigenvalue weighted by atomic mass is 32.2. The van der Waals surface area contributed by atoms with Crippen molar-refractivity contribution in [2.75, 3.05) is 12.4 Å². The third-order valence-corrected chi connectivity index (χ3v) is 5.27. The second kappa shape index (κ2) is 15.4. The standard InChI is InChI=1S/C21H32O5S/c22-20(23)14-8-6-4-2-1-3-5-7-11-16-26-18-12-9-10-13-19(18)27-17-15-21(24)25/h9-10,12-13H,1-8,11,14-17H2,(H,22,23)(H,24,25). The van der Waals surface area contributed by atoms with E-state index in [2.05, 4.69) is 0 Å². The lowest BCUT2D eigenvalue weighted by molar-refractivity contribution is -0.137. The molecule has 27 heavy (non-hydrogen) atoms. The summed E-state index contributed by atoms with van der Waals surface area (Å²) in [6.07, 6.45) is 10.4. The minimum atomic E-state index is -0.777. The van der Waals surface area contributed by atoms with Gasteiger partial charge in [0.05, 0.1) is 13.0 Å². The quantitative estimate of drug-likeness (QED) is 0.263. The summed E-state index contributed by atoms with van der Waals surface area (Å²) in [5.41, 5.74) is 0. The van der Waals surface area contributed by atoms with E-state index in [9.17, 15) is 9.59 Å². The molecular formula is C21H32O5S. The first-order chi connectivity index (χ1) is 13.1. The number of unbranched alkanes of at least 4 members (excludes halogenated alkanes) is 8. The smallest absolute Gasteiger partial charge is 0.304 e. The van der Waals surface area contributed by atoms with Gasteiger partial charge in [0, 0.05) is 17.1 Å². The summed E-state index contributed by atoms with van der Waals surface area (Å²) in [7, 11) is 0. The number of aliphatic carboxylic acids is 2. The molecule has 0 atom stereocenters. The van der Waals surface area contributed by atoms with Crippen LogP contribution in [0.4, 0.5) is 0 Å². The number of ether oxygens (including phenoxy) is 1. The average molecular weight is 397 g/mol. The fourth-order valence-electron chi connectivity index (χ4n) is 2.73. The third-order valence-electron chi connectivity index (χ3n) is 4.22. The lowest BCUT2D eigenvalue weighted by Crippen LogP contribution is -1.99. The number of carboxylic acid groups (broad SMARTS) is 2. The van der Waals surface area contributed by atoms with Crippen LogP contribution >= 0.6 is 11.8 Å². The Morgan fingerprint density at radius 3 is 1.96 bits per heavy atom. The van der Waals surface area contributed by atoms with Crippen LogP contribution < -0.4 is 4.74 Å². The molecule has 0 unspecified atom stereocenters. The van der Waals surface area contributed by atoms with Crippen molar-refractivity contribution in [1.29, 1.82) is 0 Å². The predicted octanol–water partition coefficient (Wildman–Crippen LogP) is 5.62. The van der Waals surface area contributed by atoms with Gasteiger partial charge >= 0.3 is 11.9 Å². The van der Waals surface area contributed by atoms with E-state index in [1.807, 2.05) is 24.3 Å². The molecule has 5 nitrogen and oxygen atoms in total. The Hall–Kier alpha value is -1.69. The molecule has 0 aromatic heterocycles. The van der Waals surface area contributed by atoms with Crippen molar-refractivity contribution in [1.82, 2.24) is 0 Å². The van der Waals surface area contributed by atoms with Gasteiger partial charge in [-0.25, -0.2) is 0 Å². The maximum absolute atomic E-state index is 10.6. The largest absolute Gasteiger partial charge is 0.492 e. The zero-order valence-electron chi connectivity index (χ0n) is 16.0. The highest BCUT2D eigenvalue weighted by molar-refractivity contribution is 7.99. The summed E-state index contributed by atoms with van der Waals surface area (Å²) in [4.78, 5) is 22.0. The minimum absolute atomic E-state index is 0.151. The molecule has 0 heterocycles. The number of hydrogen-bond acceptors (Lipinski definition) is 4. The monoisotopic (exact) mass is 396 g/mol. The van der Waals surface area contributed by atoms with Gasteiger partial charge in [-0.2, -0.15) is 0 Å². The highest BCUT2D eigenvalue weighted by Gasteiger charge is 2.05. The van der Waals surface area contributed by atoms with E-state index in [0.29, 0.717) is 18.8 Å². The topological polar surface area (TPSA) is 83.8 Å². The van der Waals surface area contributed by atoms with Crippen molar-refractivity contribution in [3.05, 3.63) is 24.3 Å². The molecule has 0 saturated carbocycles. The summed E-state index contributed by atoms with van der Waals surface area (Å²) in [5, 5.41) is 17.3. The fraction of sp³-hybridized carbons (Fsp3) is 0.619. The number of para-hydroxylation sites is 1. The molecular weight excluding hydrogens is 364 g/mol. The molecule has 0 spiro atoms. The molecule has 1 rings (SSSR count). The SMILES string of the molecule is O=C(O)CCCCCCCCCCCOc1ccccc1SCCC(=O)O. The molecule has 0 saturated heterocycles. The van der Waals surface area contributed by atoms with Crippen LogP contribution in [0.3, 0.4) is 0 Å². The molecule has 2 N–H and O–H groups in total. The number of carbonyl (C=O) groups is 2. The van der Waals surface area contributed by atoms with Gasteiger partial charge in [0.25, 0.3) is 0 Å². The molecule has 0 aliphatic rings. The van der Waals surface area contributed by atoms with Gasteiger partial charge in [-0.3, -0.25) is 9.59 Å². The molecule has 0 amide bonds. The number of hydrogen-bond donors (Lipinski definition) is 2. The van der Waals surface area contributed by atoms with E-state index in [1.165, 1.54) is 37.4 Å². The maximum Gasteiger partial charge on any atom is 0.304 e. The number of thioether (sulfide) groups is 1. The van der Waals surface area contributed by atoms with E-state index in [-0.39, 0.29) is 6.42 Å². The van der Waals surface area contributed by atoms with Crippen LogP contribution in [0.25, 0.3) is 0 Å². The lowest BCUT2D eigenvalue weighted by atomic mass is 10.1. The van der Waals surface area contributed by atoms with E-state index >= 15 is 0 Å². The molecule has 6 heteroatoms. The Bertz CT molecular complexity index is 547. The Labute approximate surface area is 166 Å². The summed E-state index contributed by atoms with van der Waals surface area (Å²) < 4.78 is 5.87. The summed E-state index contributed by atoms with van der Waals surface area (Å²) in [5.74, 6) is -0.0828. The molecule has 0 aliphatic carbocycles. The molecule has 152 valence electrons. The van der Waals surface area contributed by atoms with Gasteiger partial charge in [0.15, 0.2) is 0 Å². The zero-order valence-corrected chi connectivity index (χ0v) is 16.8. The van der Waals surface area contributed by atoms with E-state index < -0.39 is 11.9 Å². The second-order valence-electron chi connectivity index (χ2n) is 6.61. The molecule has 0 aliphatic heterocycles. The van der Waals surface area contributed by atoms with E-state index in [0.717, 1.165) is 42.7 Å². The Kier molecular flexibility index (Phi) is 13.3. The maximum atomic E-state index is 10.6. The van der Waals surface area contributed by atoms with Gasteiger partial charge < -0.3 is 14.9 Å². The van der Waals surface area contributed by atoms with Crippen LogP contribution in [0, 0.1) is 0 Å². The summed E-state index contributed by atoms with van der Waals surface area (Å²) >= 11 is 1.52. The van der Waals surface area contributed by atoms with Crippen molar-refractivity contribution in [3.8, 4) is 5.75 Å². The number of carboxylic acids is 2. The van der Waals surface area contributed by atoms with Crippen molar-refractivity contribution >= 4 is 23.7 Å². The number of rotatable bonds is 17. The van der Waals surface area contributed by atoms with Crippen molar-refractivity contribution in [2.24, 2.45) is 0 Å². The first-order valence-corrected chi connectivity index (χ1v) is 10.9. The summed E-state index contributed by atoms with van der Waals surface area (Å²) in [6.45, 7) is 0.686. The zero-order chi connectivity index (χ0) is 19.7. The minimum Gasteiger partial charge on any atom is -0.492 e.